The van der Waals surface area contributed by atoms with Gasteiger partial charge in [-0.3, -0.25) is 0 Å². The van der Waals surface area contributed by atoms with E-state index in [2.05, 4.69) is 5.32 Å². The highest BCUT2D eigenvalue weighted by Gasteiger charge is 1.94. The first-order valence-electron chi connectivity index (χ1n) is 4.34. The molecule has 0 aliphatic heterocycles. The van der Waals surface area contributed by atoms with Crippen molar-refractivity contribution in [3.8, 4) is 0 Å². The van der Waals surface area contributed by atoms with E-state index in [4.69, 9.17) is 11.5 Å². The molecule has 3 heteroatoms. The Morgan fingerprint density at radius 3 is 1.64 bits per heavy atom. The van der Waals surface area contributed by atoms with E-state index in [1.807, 2.05) is 13.8 Å². The van der Waals surface area contributed by atoms with Gasteiger partial charge in [-0.2, -0.15) is 0 Å². The second-order valence-corrected chi connectivity index (χ2v) is 3.28. The zero-order valence-corrected chi connectivity index (χ0v) is 7.64. The lowest BCUT2D eigenvalue weighted by molar-refractivity contribution is 0.551. The zero-order chi connectivity index (χ0) is 8.69. The topological polar surface area (TPSA) is 64.1 Å². The number of hydrogen-bond acceptors (Lipinski definition) is 3. The summed E-state index contributed by atoms with van der Waals surface area (Å²) in [6.45, 7) is 6.05. The second kappa shape index (κ2) is 6.58. The summed E-state index contributed by atoms with van der Waals surface area (Å²) in [5, 5.41) is 3.29. The first-order valence-corrected chi connectivity index (χ1v) is 4.34. The second-order valence-electron chi connectivity index (χ2n) is 3.28. The van der Waals surface area contributed by atoms with Gasteiger partial charge in [0.2, 0.25) is 0 Å². The van der Waals surface area contributed by atoms with E-state index in [0.717, 1.165) is 25.9 Å². The average Bonchev–Trinajstić information content (AvgIpc) is 1.85. The molecule has 0 aromatic carbocycles. The van der Waals surface area contributed by atoms with E-state index in [1.54, 1.807) is 0 Å². The van der Waals surface area contributed by atoms with Crippen molar-refractivity contribution < 1.29 is 0 Å². The lowest BCUT2D eigenvalue weighted by Gasteiger charge is -2.08. The highest BCUT2D eigenvalue weighted by atomic mass is 14.9. The van der Waals surface area contributed by atoms with Gasteiger partial charge < -0.3 is 16.8 Å². The average molecular weight is 159 g/mol. The molecule has 5 N–H and O–H groups in total. The SMILES string of the molecule is CC(N)CCNCCC(C)N. The lowest BCUT2D eigenvalue weighted by Crippen LogP contribution is -2.27. The highest BCUT2D eigenvalue weighted by molar-refractivity contribution is 4.59. The van der Waals surface area contributed by atoms with E-state index in [0.29, 0.717) is 12.1 Å². The van der Waals surface area contributed by atoms with E-state index in [1.165, 1.54) is 0 Å². The Morgan fingerprint density at radius 2 is 1.36 bits per heavy atom. The predicted octanol–water partition coefficient (Wildman–Crippen LogP) is 0.0506. The van der Waals surface area contributed by atoms with Crippen molar-refractivity contribution in [3.63, 3.8) is 0 Å². The third kappa shape index (κ3) is 9.88. The minimum atomic E-state index is 0.304. The van der Waals surface area contributed by atoms with Crippen LogP contribution in [-0.2, 0) is 0 Å². The lowest BCUT2D eigenvalue weighted by atomic mass is 10.2. The summed E-state index contributed by atoms with van der Waals surface area (Å²) in [7, 11) is 0. The summed E-state index contributed by atoms with van der Waals surface area (Å²) in [5.74, 6) is 0. The van der Waals surface area contributed by atoms with Crippen LogP contribution in [0.15, 0.2) is 0 Å². The van der Waals surface area contributed by atoms with Crippen LogP contribution in [0.1, 0.15) is 26.7 Å². The van der Waals surface area contributed by atoms with Gasteiger partial charge >= 0.3 is 0 Å². The summed E-state index contributed by atoms with van der Waals surface area (Å²) in [6.07, 6.45) is 2.08. The van der Waals surface area contributed by atoms with Gasteiger partial charge in [-0.25, -0.2) is 0 Å². The summed E-state index contributed by atoms with van der Waals surface area (Å²) >= 11 is 0. The van der Waals surface area contributed by atoms with Crippen LogP contribution in [0.4, 0.5) is 0 Å². The largest absolute Gasteiger partial charge is 0.328 e. The zero-order valence-electron chi connectivity index (χ0n) is 7.64. The molecule has 0 spiro atoms. The highest BCUT2D eigenvalue weighted by Crippen LogP contribution is 1.85. The maximum absolute atomic E-state index is 5.57. The van der Waals surface area contributed by atoms with Gasteiger partial charge in [0.05, 0.1) is 0 Å². The molecule has 0 saturated carbocycles. The van der Waals surface area contributed by atoms with Gasteiger partial charge in [0, 0.05) is 12.1 Å². The van der Waals surface area contributed by atoms with E-state index in [-0.39, 0.29) is 0 Å². The standard InChI is InChI=1S/C8H21N3/c1-7(9)3-5-11-6-4-8(2)10/h7-8,11H,3-6,9-10H2,1-2H3. The van der Waals surface area contributed by atoms with Crippen molar-refractivity contribution in [1.82, 2.24) is 5.32 Å². The third-order valence-corrected chi connectivity index (χ3v) is 1.55. The number of hydrogen-bond donors (Lipinski definition) is 3. The van der Waals surface area contributed by atoms with E-state index >= 15 is 0 Å². The van der Waals surface area contributed by atoms with Crippen LogP contribution in [-0.4, -0.2) is 25.2 Å². The van der Waals surface area contributed by atoms with Gasteiger partial charge in [-0.05, 0) is 39.8 Å². The maximum Gasteiger partial charge on any atom is 0.00225 e. The van der Waals surface area contributed by atoms with Gasteiger partial charge in [0.15, 0.2) is 0 Å². The monoisotopic (exact) mass is 159 g/mol. The molecule has 0 saturated heterocycles. The van der Waals surface area contributed by atoms with E-state index in [9.17, 15) is 0 Å². The number of nitrogens with two attached hydrogens (primary N) is 2. The number of rotatable bonds is 6. The molecular weight excluding hydrogens is 138 g/mol. The van der Waals surface area contributed by atoms with Crippen molar-refractivity contribution in [3.05, 3.63) is 0 Å². The van der Waals surface area contributed by atoms with Crippen LogP contribution in [0.3, 0.4) is 0 Å². The van der Waals surface area contributed by atoms with Crippen LogP contribution in [0.25, 0.3) is 0 Å². The van der Waals surface area contributed by atoms with Crippen LogP contribution >= 0.6 is 0 Å². The Labute approximate surface area is 69.5 Å². The van der Waals surface area contributed by atoms with Gasteiger partial charge in [0.25, 0.3) is 0 Å². The molecule has 0 amide bonds. The smallest absolute Gasteiger partial charge is 0.00225 e. The summed E-state index contributed by atoms with van der Waals surface area (Å²) < 4.78 is 0. The van der Waals surface area contributed by atoms with Crippen molar-refractivity contribution >= 4 is 0 Å². The molecule has 0 heterocycles. The molecule has 2 atom stereocenters. The molecular formula is C8H21N3. The molecule has 68 valence electrons. The normalized spacial score (nSPS) is 16.4. The fourth-order valence-electron chi connectivity index (χ4n) is 0.784. The molecule has 0 radical (unpaired) electrons. The van der Waals surface area contributed by atoms with Crippen molar-refractivity contribution in [2.45, 2.75) is 38.8 Å². The number of nitrogens with one attached hydrogen (secondary N) is 1. The van der Waals surface area contributed by atoms with Crippen molar-refractivity contribution in [2.75, 3.05) is 13.1 Å². The summed E-state index contributed by atoms with van der Waals surface area (Å²) in [4.78, 5) is 0. The minimum Gasteiger partial charge on any atom is -0.328 e. The molecule has 3 nitrogen and oxygen atoms in total. The molecule has 0 rings (SSSR count). The molecule has 0 bridgehead atoms. The molecule has 0 aliphatic rings. The first kappa shape index (κ1) is 10.9. The van der Waals surface area contributed by atoms with Gasteiger partial charge in [0.1, 0.15) is 0 Å². The molecule has 0 aliphatic carbocycles. The Hall–Kier alpha value is -0.120. The first-order chi connectivity index (χ1) is 5.13. The van der Waals surface area contributed by atoms with Crippen LogP contribution < -0.4 is 16.8 Å². The van der Waals surface area contributed by atoms with Crippen molar-refractivity contribution in [1.29, 1.82) is 0 Å². The predicted molar refractivity (Wildman–Crippen MR) is 49.4 cm³/mol. The van der Waals surface area contributed by atoms with Crippen LogP contribution in [0, 0.1) is 0 Å². The quantitative estimate of drug-likeness (QED) is 0.480. The fourth-order valence-corrected chi connectivity index (χ4v) is 0.784. The maximum atomic E-state index is 5.57. The van der Waals surface area contributed by atoms with Gasteiger partial charge in [-0.1, -0.05) is 0 Å². The Kier molecular flexibility index (Phi) is 6.51. The Morgan fingerprint density at radius 1 is 1.00 bits per heavy atom. The summed E-state index contributed by atoms with van der Waals surface area (Å²) in [6, 6.07) is 0.607. The molecule has 11 heavy (non-hydrogen) atoms. The van der Waals surface area contributed by atoms with Gasteiger partial charge in [-0.15, -0.1) is 0 Å². The Bertz CT molecular complexity index is 71.4. The third-order valence-electron chi connectivity index (χ3n) is 1.55. The molecule has 0 aromatic rings. The van der Waals surface area contributed by atoms with Crippen LogP contribution in [0.2, 0.25) is 0 Å². The molecule has 2 unspecified atom stereocenters. The molecule has 0 aromatic heterocycles. The Balaban J connectivity index is 2.91. The fraction of sp³-hybridized carbons (Fsp3) is 1.00. The van der Waals surface area contributed by atoms with Crippen LogP contribution in [0.5, 0.6) is 0 Å². The van der Waals surface area contributed by atoms with Crippen molar-refractivity contribution in [2.24, 2.45) is 11.5 Å². The summed E-state index contributed by atoms with van der Waals surface area (Å²) in [5.41, 5.74) is 11.1. The van der Waals surface area contributed by atoms with E-state index < -0.39 is 0 Å². The minimum absolute atomic E-state index is 0.304. The molecule has 0 fully saturated rings.